The summed E-state index contributed by atoms with van der Waals surface area (Å²) in [5.74, 6) is 0.774. The second kappa shape index (κ2) is 5.49. The van der Waals surface area contributed by atoms with Crippen LogP contribution in [0.1, 0.15) is 11.9 Å². The first-order valence-electron chi connectivity index (χ1n) is 5.31. The molecule has 5 heteroatoms. The lowest BCUT2D eigenvalue weighted by atomic mass is 10.1. The van der Waals surface area contributed by atoms with Crippen molar-refractivity contribution in [3.8, 4) is 17.0 Å². The first-order chi connectivity index (χ1) is 8.24. The van der Waals surface area contributed by atoms with Gasteiger partial charge in [-0.15, -0.1) is 11.3 Å². The molecule has 0 aliphatic rings. The van der Waals surface area contributed by atoms with Gasteiger partial charge in [-0.1, -0.05) is 11.6 Å². The van der Waals surface area contributed by atoms with Gasteiger partial charge in [0.2, 0.25) is 0 Å². The number of rotatable bonds is 4. The lowest BCUT2D eigenvalue weighted by molar-refractivity contribution is 0.340. The van der Waals surface area contributed by atoms with Crippen molar-refractivity contribution in [2.75, 3.05) is 6.61 Å². The van der Waals surface area contributed by atoms with Crippen LogP contribution in [-0.2, 0) is 6.54 Å². The molecule has 0 spiro atoms. The zero-order chi connectivity index (χ0) is 12.3. The third-order valence-corrected chi connectivity index (χ3v) is 3.44. The smallest absolute Gasteiger partial charge is 0.120 e. The molecule has 1 heterocycles. The van der Waals surface area contributed by atoms with Gasteiger partial charge in [0.1, 0.15) is 10.8 Å². The van der Waals surface area contributed by atoms with Crippen LogP contribution in [0.3, 0.4) is 0 Å². The first kappa shape index (κ1) is 12.4. The maximum absolute atomic E-state index is 6.21. The number of thiazole rings is 1. The van der Waals surface area contributed by atoms with Crippen LogP contribution >= 0.6 is 22.9 Å². The van der Waals surface area contributed by atoms with Crippen molar-refractivity contribution in [3.63, 3.8) is 0 Å². The SMILES string of the molecule is CCOc1ccc(-c2csc(CN)n2)c(Cl)c1. The Hall–Kier alpha value is -1.10. The van der Waals surface area contributed by atoms with Gasteiger partial charge >= 0.3 is 0 Å². The van der Waals surface area contributed by atoms with E-state index in [9.17, 15) is 0 Å². The molecule has 90 valence electrons. The Labute approximate surface area is 109 Å². The van der Waals surface area contributed by atoms with Gasteiger partial charge in [-0.05, 0) is 25.1 Å². The fraction of sp³-hybridized carbons (Fsp3) is 0.250. The minimum Gasteiger partial charge on any atom is -0.494 e. The maximum atomic E-state index is 6.21. The molecule has 2 N–H and O–H groups in total. The van der Waals surface area contributed by atoms with Crippen LogP contribution in [0.2, 0.25) is 5.02 Å². The molecule has 2 aromatic rings. The molecule has 17 heavy (non-hydrogen) atoms. The largest absolute Gasteiger partial charge is 0.494 e. The van der Waals surface area contributed by atoms with Gasteiger partial charge in [0.15, 0.2) is 0 Å². The molecule has 1 aromatic carbocycles. The number of halogens is 1. The molecule has 0 amide bonds. The van der Waals surface area contributed by atoms with Gasteiger partial charge in [-0.25, -0.2) is 4.98 Å². The minimum absolute atomic E-state index is 0.458. The molecule has 0 fully saturated rings. The maximum Gasteiger partial charge on any atom is 0.120 e. The first-order valence-corrected chi connectivity index (χ1v) is 6.57. The zero-order valence-electron chi connectivity index (χ0n) is 9.44. The van der Waals surface area contributed by atoms with Crippen molar-refractivity contribution in [1.82, 2.24) is 4.98 Å². The molecule has 0 saturated carbocycles. The molecule has 3 nitrogen and oxygen atoms in total. The standard InChI is InChI=1S/C12H13ClN2OS/c1-2-16-8-3-4-9(10(13)5-8)11-7-17-12(6-14)15-11/h3-5,7H,2,6,14H2,1H3. The third-order valence-electron chi connectivity index (χ3n) is 2.25. The van der Waals surface area contributed by atoms with Crippen LogP contribution in [0.4, 0.5) is 0 Å². The minimum atomic E-state index is 0.458. The van der Waals surface area contributed by atoms with E-state index < -0.39 is 0 Å². The summed E-state index contributed by atoms with van der Waals surface area (Å²) in [5, 5.41) is 3.51. The highest BCUT2D eigenvalue weighted by Crippen LogP contribution is 2.31. The highest BCUT2D eigenvalue weighted by atomic mass is 35.5. The van der Waals surface area contributed by atoms with Gasteiger partial charge in [0.05, 0.1) is 17.3 Å². The predicted molar refractivity (Wildman–Crippen MR) is 71.6 cm³/mol. The van der Waals surface area contributed by atoms with Crippen LogP contribution in [-0.4, -0.2) is 11.6 Å². The summed E-state index contributed by atoms with van der Waals surface area (Å²) >= 11 is 7.75. The van der Waals surface area contributed by atoms with E-state index in [0.717, 1.165) is 22.0 Å². The van der Waals surface area contributed by atoms with Crippen LogP contribution in [0.15, 0.2) is 23.6 Å². The number of hydrogen-bond donors (Lipinski definition) is 1. The number of nitrogens with zero attached hydrogens (tertiary/aromatic N) is 1. The van der Waals surface area contributed by atoms with Crippen LogP contribution < -0.4 is 10.5 Å². The average Bonchev–Trinajstić information content (AvgIpc) is 2.78. The third kappa shape index (κ3) is 2.77. The van der Waals surface area contributed by atoms with Gasteiger partial charge in [0, 0.05) is 17.5 Å². The Morgan fingerprint density at radius 1 is 1.47 bits per heavy atom. The number of benzene rings is 1. The number of ether oxygens (including phenoxy) is 1. The fourth-order valence-corrected chi connectivity index (χ4v) is 2.43. The molecule has 0 radical (unpaired) electrons. The molecule has 1 aromatic heterocycles. The molecular weight excluding hydrogens is 256 g/mol. The lowest BCUT2D eigenvalue weighted by Gasteiger charge is -2.05. The van der Waals surface area contributed by atoms with Crippen molar-refractivity contribution in [3.05, 3.63) is 33.6 Å². The summed E-state index contributed by atoms with van der Waals surface area (Å²) < 4.78 is 5.38. The van der Waals surface area contributed by atoms with Gasteiger partial charge < -0.3 is 10.5 Å². The van der Waals surface area contributed by atoms with Gasteiger partial charge in [-0.3, -0.25) is 0 Å². The second-order valence-electron chi connectivity index (χ2n) is 3.41. The quantitative estimate of drug-likeness (QED) is 0.925. The van der Waals surface area contributed by atoms with Gasteiger partial charge in [-0.2, -0.15) is 0 Å². The summed E-state index contributed by atoms with van der Waals surface area (Å²) in [5.41, 5.74) is 7.31. The van der Waals surface area contributed by atoms with E-state index in [1.54, 1.807) is 11.3 Å². The molecular formula is C12H13ClN2OS. The number of nitrogens with two attached hydrogens (primary N) is 1. The van der Waals surface area contributed by atoms with Crippen molar-refractivity contribution >= 4 is 22.9 Å². The second-order valence-corrected chi connectivity index (χ2v) is 4.76. The van der Waals surface area contributed by atoms with Crippen LogP contribution in [0.25, 0.3) is 11.3 Å². The molecule has 0 saturated heterocycles. The Bertz CT molecular complexity index is 513. The topological polar surface area (TPSA) is 48.1 Å². The molecule has 0 bridgehead atoms. The normalized spacial score (nSPS) is 10.5. The summed E-state index contributed by atoms with van der Waals surface area (Å²) in [6.07, 6.45) is 0. The van der Waals surface area contributed by atoms with Crippen molar-refractivity contribution in [2.24, 2.45) is 5.73 Å². The Morgan fingerprint density at radius 3 is 2.88 bits per heavy atom. The summed E-state index contributed by atoms with van der Waals surface area (Å²) in [4.78, 5) is 4.40. The van der Waals surface area contributed by atoms with Crippen molar-refractivity contribution < 1.29 is 4.74 Å². The lowest BCUT2D eigenvalue weighted by Crippen LogP contribution is -1.95. The van der Waals surface area contributed by atoms with E-state index >= 15 is 0 Å². The average molecular weight is 269 g/mol. The van der Waals surface area contributed by atoms with Crippen LogP contribution in [0, 0.1) is 0 Å². The van der Waals surface area contributed by atoms with E-state index in [4.69, 9.17) is 22.1 Å². The fourth-order valence-electron chi connectivity index (χ4n) is 1.49. The van der Waals surface area contributed by atoms with E-state index in [1.807, 2.05) is 30.5 Å². The van der Waals surface area contributed by atoms with Crippen molar-refractivity contribution in [2.45, 2.75) is 13.5 Å². The summed E-state index contributed by atoms with van der Waals surface area (Å²) in [7, 11) is 0. The number of aromatic nitrogens is 1. The predicted octanol–water partition coefficient (Wildman–Crippen LogP) is 3.32. The van der Waals surface area contributed by atoms with Gasteiger partial charge in [0.25, 0.3) is 0 Å². The Morgan fingerprint density at radius 2 is 2.29 bits per heavy atom. The highest BCUT2D eigenvalue weighted by molar-refractivity contribution is 7.09. The summed E-state index contributed by atoms with van der Waals surface area (Å²) in [6, 6.07) is 5.62. The van der Waals surface area contributed by atoms with E-state index in [2.05, 4.69) is 4.98 Å². The molecule has 0 unspecified atom stereocenters. The van der Waals surface area contributed by atoms with E-state index in [1.165, 1.54) is 0 Å². The molecule has 0 atom stereocenters. The Balaban J connectivity index is 2.32. The summed E-state index contributed by atoms with van der Waals surface area (Å²) in [6.45, 7) is 3.03. The molecule has 2 rings (SSSR count). The van der Waals surface area contributed by atoms with E-state index in [0.29, 0.717) is 18.2 Å². The zero-order valence-corrected chi connectivity index (χ0v) is 11.0. The Kier molecular flexibility index (Phi) is 3.99. The molecule has 0 aliphatic carbocycles. The van der Waals surface area contributed by atoms with Crippen LogP contribution in [0.5, 0.6) is 5.75 Å². The monoisotopic (exact) mass is 268 g/mol. The van der Waals surface area contributed by atoms with E-state index in [-0.39, 0.29) is 0 Å². The highest BCUT2D eigenvalue weighted by Gasteiger charge is 2.08. The van der Waals surface area contributed by atoms with Crippen molar-refractivity contribution in [1.29, 1.82) is 0 Å². The number of hydrogen-bond acceptors (Lipinski definition) is 4. The molecule has 0 aliphatic heterocycles.